The highest BCUT2D eigenvalue weighted by Gasteiger charge is 2.20. The number of rotatable bonds is 6. The zero-order valence-corrected chi connectivity index (χ0v) is 14.8. The number of benzene rings is 1. The summed E-state index contributed by atoms with van der Waals surface area (Å²) in [4.78, 5) is 30.7. The molecule has 0 unspecified atom stereocenters. The van der Waals surface area contributed by atoms with Gasteiger partial charge in [0, 0.05) is 41.7 Å². The van der Waals surface area contributed by atoms with Crippen LogP contribution in [0.3, 0.4) is 0 Å². The SMILES string of the molecule is O=C(CN1CCCCC1=O)Nc1ccc(SCc2cccnc2)cc1. The lowest BCUT2D eigenvalue weighted by Gasteiger charge is -2.25. The topological polar surface area (TPSA) is 62.3 Å². The van der Waals surface area contributed by atoms with E-state index in [0.717, 1.165) is 29.2 Å². The van der Waals surface area contributed by atoms with Crippen LogP contribution in [0, 0.1) is 0 Å². The standard InChI is InChI=1S/C19H21N3O2S/c23-18(13-22-11-2-1-5-19(22)24)21-16-6-8-17(9-7-16)25-14-15-4-3-10-20-12-15/h3-4,6-10,12H,1-2,5,11,13-14H2,(H,21,23). The second kappa shape index (κ2) is 8.67. The molecule has 1 aliphatic heterocycles. The molecule has 5 nitrogen and oxygen atoms in total. The number of thioether (sulfide) groups is 1. The van der Waals surface area contributed by atoms with Gasteiger partial charge in [-0.25, -0.2) is 0 Å². The summed E-state index contributed by atoms with van der Waals surface area (Å²) in [5.41, 5.74) is 1.93. The van der Waals surface area contributed by atoms with Gasteiger partial charge in [-0.3, -0.25) is 14.6 Å². The van der Waals surface area contributed by atoms with Gasteiger partial charge in [0.2, 0.25) is 11.8 Å². The van der Waals surface area contributed by atoms with Crippen molar-refractivity contribution >= 4 is 29.3 Å². The molecule has 1 N–H and O–H groups in total. The number of nitrogens with one attached hydrogen (secondary N) is 1. The number of hydrogen-bond donors (Lipinski definition) is 1. The molecule has 0 bridgehead atoms. The molecule has 0 atom stereocenters. The van der Waals surface area contributed by atoms with Crippen LogP contribution in [0.5, 0.6) is 0 Å². The summed E-state index contributed by atoms with van der Waals surface area (Å²) in [5.74, 6) is 0.783. The van der Waals surface area contributed by atoms with Crippen molar-refractivity contribution in [2.24, 2.45) is 0 Å². The maximum Gasteiger partial charge on any atom is 0.243 e. The summed E-state index contributed by atoms with van der Waals surface area (Å²) >= 11 is 1.72. The second-order valence-corrected chi connectivity index (χ2v) is 7.04. The maximum absolute atomic E-state index is 12.1. The lowest BCUT2D eigenvalue weighted by Crippen LogP contribution is -2.40. The van der Waals surface area contributed by atoms with Gasteiger partial charge in [0.1, 0.15) is 0 Å². The fourth-order valence-corrected chi connectivity index (χ4v) is 3.52. The van der Waals surface area contributed by atoms with Crippen molar-refractivity contribution in [3.8, 4) is 0 Å². The molecule has 0 saturated carbocycles. The van der Waals surface area contributed by atoms with Gasteiger partial charge in [0.05, 0.1) is 6.54 Å². The minimum Gasteiger partial charge on any atom is -0.333 e. The fraction of sp³-hybridized carbons (Fsp3) is 0.316. The van der Waals surface area contributed by atoms with Gasteiger partial charge >= 0.3 is 0 Å². The van der Waals surface area contributed by atoms with E-state index in [2.05, 4.69) is 16.4 Å². The smallest absolute Gasteiger partial charge is 0.243 e. The molecule has 0 spiro atoms. The van der Waals surface area contributed by atoms with Crippen LogP contribution in [-0.2, 0) is 15.3 Å². The molecule has 1 aromatic heterocycles. The van der Waals surface area contributed by atoms with E-state index in [4.69, 9.17) is 0 Å². The van der Waals surface area contributed by atoms with Gasteiger partial charge in [0.15, 0.2) is 0 Å². The molecule has 2 aromatic rings. The van der Waals surface area contributed by atoms with Crippen molar-refractivity contribution in [2.75, 3.05) is 18.4 Å². The number of amides is 2. The molecule has 1 aliphatic rings. The van der Waals surface area contributed by atoms with Crippen molar-refractivity contribution in [2.45, 2.75) is 29.9 Å². The van der Waals surface area contributed by atoms with Crippen LogP contribution in [0.2, 0.25) is 0 Å². The largest absolute Gasteiger partial charge is 0.333 e. The summed E-state index contributed by atoms with van der Waals surface area (Å²) in [5, 5.41) is 2.86. The first-order chi connectivity index (χ1) is 12.2. The van der Waals surface area contributed by atoms with Crippen molar-refractivity contribution < 1.29 is 9.59 Å². The van der Waals surface area contributed by atoms with Crippen molar-refractivity contribution in [3.63, 3.8) is 0 Å². The highest BCUT2D eigenvalue weighted by molar-refractivity contribution is 7.98. The molecule has 0 radical (unpaired) electrons. The molecule has 2 amide bonds. The Morgan fingerprint density at radius 2 is 2.04 bits per heavy atom. The number of carbonyl (C=O) groups excluding carboxylic acids is 2. The van der Waals surface area contributed by atoms with Crippen LogP contribution in [-0.4, -0.2) is 34.8 Å². The minimum absolute atomic E-state index is 0.0727. The van der Waals surface area contributed by atoms with E-state index < -0.39 is 0 Å². The van der Waals surface area contributed by atoms with Gasteiger partial charge in [-0.05, 0) is 48.7 Å². The molecule has 3 rings (SSSR count). The predicted octanol–water partition coefficient (Wildman–Crippen LogP) is 3.32. The first-order valence-corrected chi connectivity index (χ1v) is 9.39. The quantitative estimate of drug-likeness (QED) is 0.808. The first kappa shape index (κ1) is 17.5. The van der Waals surface area contributed by atoms with E-state index >= 15 is 0 Å². The summed E-state index contributed by atoms with van der Waals surface area (Å²) in [7, 11) is 0. The highest BCUT2D eigenvalue weighted by Crippen LogP contribution is 2.24. The Hall–Kier alpha value is -2.34. The molecule has 0 aliphatic carbocycles. The third kappa shape index (κ3) is 5.32. The van der Waals surface area contributed by atoms with Crippen molar-refractivity contribution in [1.29, 1.82) is 0 Å². The molecule has 130 valence electrons. The lowest BCUT2D eigenvalue weighted by molar-refractivity contribution is -0.136. The zero-order valence-electron chi connectivity index (χ0n) is 14.0. The summed E-state index contributed by atoms with van der Waals surface area (Å²) in [6.45, 7) is 0.812. The van der Waals surface area contributed by atoms with E-state index in [-0.39, 0.29) is 18.4 Å². The van der Waals surface area contributed by atoms with E-state index in [1.54, 1.807) is 22.9 Å². The monoisotopic (exact) mass is 355 g/mol. The summed E-state index contributed by atoms with van der Waals surface area (Å²) in [6.07, 6.45) is 6.08. The Balaban J connectivity index is 1.48. The Morgan fingerprint density at radius 3 is 2.76 bits per heavy atom. The van der Waals surface area contributed by atoms with Crippen LogP contribution >= 0.6 is 11.8 Å². The Kier molecular flexibility index (Phi) is 6.06. The second-order valence-electron chi connectivity index (χ2n) is 5.99. The van der Waals surface area contributed by atoms with Crippen molar-refractivity contribution in [3.05, 3.63) is 54.4 Å². The summed E-state index contributed by atoms with van der Waals surface area (Å²) in [6, 6.07) is 11.7. The van der Waals surface area contributed by atoms with Gasteiger partial charge in [0.25, 0.3) is 0 Å². The molecule has 1 aromatic carbocycles. The Bertz CT molecular complexity index is 719. The van der Waals surface area contributed by atoms with Gasteiger partial charge in [-0.1, -0.05) is 6.07 Å². The first-order valence-electron chi connectivity index (χ1n) is 8.40. The number of carbonyl (C=O) groups is 2. The summed E-state index contributed by atoms with van der Waals surface area (Å²) < 4.78 is 0. The minimum atomic E-state index is -0.147. The Morgan fingerprint density at radius 1 is 1.20 bits per heavy atom. The van der Waals surface area contributed by atoms with Gasteiger partial charge in [-0.2, -0.15) is 0 Å². The number of hydrogen-bond acceptors (Lipinski definition) is 4. The van der Waals surface area contributed by atoms with Crippen LogP contribution in [0.25, 0.3) is 0 Å². The molecule has 2 heterocycles. The zero-order chi connectivity index (χ0) is 17.5. The number of nitrogens with zero attached hydrogens (tertiary/aromatic N) is 2. The third-order valence-corrected chi connectivity index (χ3v) is 5.11. The van der Waals surface area contributed by atoms with Gasteiger partial charge < -0.3 is 10.2 Å². The number of pyridine rings is 1. The van der Waals surface area contributed by atoms with E-state index in [0.29, 0.717) is 13.0 Å². The highest BCUT2D eigenvalue weighted by atomic mass is 32.2. The van der Waals surface area contributed by atoms with Crippen LogP contribution in [0.1, 0.15) is 24.8 Å². The van der Waals surface area contributed by atoms with E-state index in [9.17, 15) is 9.59 Å². The number of piperidine rings is 1. The third-order valence-electron chi connectivity index (χ3n) is 4.02. The molecule has 1 saturated heterocycles. The average Bonchev–Trinajstić information content (AvgIpc) is 2.64. The van der Waals surface area contributed by atoms with Crippen LogP contribution in [0.4, 0.5) is 5.69 Å². The van der Waals surface area contributed by atoms with E-state index in [1.807, 2.05) is 36.5 Å². The average molecular weight is 355 g/mol. The lowest BCUT2D eigenvalue weighted by atomic mass is 10.1. The predicted molar refractivity (Wildman–Crippen MR) is 99.3 cm³/mol. The molecular formula is C19H21N3O2S. The van der Waals surface area contributed by atoms with Crippen LogP contribution in [0.15, 0.2) is 53.7 Å². The number of anilines is 1. The Labute approximate surface area is 151 Å². The molecule has 25 heavy (non-hydrogen) atoms. The molecule has 1 fully saturated rings. The van der Waals surface area contributed by atoms with E-state index in [1.165, 1.54) is 5.56 Å². The molecular weight excluding hydrogens is 334 g/mol. The fourth-order valence-electron chi connectivity index (χ4n) is 2.69. The number of aromatic nitrogens is 1. The van der Waals surface area contributed by atoms with Crippen molar-refractivity contribution in [1.82, 2.24) is 9.88 Å². The van der Waals surface area contributed by atoms with Gasteiger partial charge in [-0.15, -0.1) is 11.8 Å². The number of likely N-dealkylation sites (tertiary alicyclic amines) is 1. The van der Waals surface area contributed by atoms with Crippen LogP contribution < -0.4 is 5.32 Å². The normalized spacial score (nSPS) is 14.4. The molecule has 6 heteroatoms. The maximum atomic E-state index is 12.1.